The van der Waals surface area contributed by atoms with Crippen LogP contribution in [-0.2, 0) is 6.61 Å². The number of nitrogens with two attached hydrogens (primary N) is 1. The van der Waals surface area contributed by atoms with Crippen LogP contribution in [0.2, 0.25) is 10.0 Å². The highest BCUT2D eigenvalue weighted by Crippen LogP contribution is 2.25. The lowest BCUT2D eigenvalue weighted by atomic mass is 10.2. The van der Waals surface area contributed by atoms with Crippen molar-refractivity contribution in [3.63, 3.8) is 0 Å². The fourth-order valence-electron chi connectivity index (χ4n) is 1.58. The number of hydrogen-bond acceptors (Lipinski definition) is 2. The zero-order chi connectivity index (χ0) is 13.1. The molecule has 18 heavy (non-hydrogen) atoms. The molecule has 2 aromatic rings. The third kappa shape index (κ3) is 3.09. The first kappa shape index (κ1) is 13.1. The van der Waals surface area contributed by atoms with Crippen molar-refractivity contribution < 1.29 is 4.74 Å². The van der Waals surface area contributed by atoms with E-state index in [4.69, 9.17) is 33.7 Å². The highest BCUT2D eigenvalue weighted by molar-refractivity contribution is 6.31. The van der Waals surface area contributed by atoms with Crippen LogP contribution in [0.5, 0.6) is 5.75 Å². The Morgan fingerprint density at radius 2 is 1.72 bits per heavy atom. The molecule has 0 amide bonds. The molecule has 2 aromatic carbocycles. The third-order valence-electron chi connectivity index (χ3n) is 2.64. The Kier molecular flexibility index (Phi) is 4.00. The highest BCUT2D eigenvalue weighted by atomic mass is 35.5. The minimum Gasteiger partial charge on any atom is -0.489 e. The summed E-state index contributed by atoms with van der Waals surface area (Å²) in [4.78, 5) is 0. The van der Waals surface area contributed by atoms with E-state index in [-0.39, 0.29) is 0 Å². The molecule has 0 heterocycles. The Hall–Kier alpha value is -1.38. The lowest BCUT2D eigenvalue weighted by Gasteiger charge is -2.11. The van der Waals surface area contributed by atoms with E-state index in [0.29, 0.717) is 22.3 Å². The van der Waals surface area contributed by atoms with E-state index in [2.05, 4.69) is 0 Å². The number of nitrogen functional groups attached to an aromatic ring is 1. The van der Waals surface area contributed by atoms with E-state index in [1.807, 2.05) is 25.1 Å². The lowest BCUT2D eigenvalue weighted by Crippen LogP contribution is -2.01. The number of ether oxygens (including phenoxy) is 1. The summed E-state index contributed by atoms with van der Waals surface area (Å²) in [7, 11) is 0. The zero-order valence-corrected chi connectivity index (χ0v) is 11.4. The SMILES string of the molecule is Cc1ccc(Cl)cc1OCc1ccc(Cl)cc1N. The summed E-state index contributed by atoms with van der Waals surface area (Å²) in [5, 5.41) is 1.27. The number of halogens is 2. The molecule has 0 radical (unpaired) electrons. The van der Waals surface area contributed by atoms with Gasteiger partial charge in [-0.05, 0) is 36.8 Å². The van der Waals surface area contributed by atoms with Crippen LogP contribution in [0.15, 0.2) is 36.4 Å². The second-order valence-corrected chi connectivity index (χ2v) is 4.91. The van der Waals surface area contributed by atoms with Crippen molar-refractivity contribution in [2.45, 2.75) is 13.5 Å². The maximum atomic E-state index is 5.93. The van der Waals surface area contributed by atoms with Crippen molar-refractivity contribution in [3.05, 3.63) is 57.6 Å². The molecule has 0 aliphatic heterocycles. The van der Waals surface area contributed by atoms with E-state index in [0.717, 1.165) is 16.9 Å². The minimum atomic E-state index is 0.393. The van der Waals surface area contributed by atoms with Crippen LogP contribution in [0.4, 0.5) is 5.69 Å². The molecule has 0 saturated carbocycles. The molecule has 0 aliphatic rings. The number of aryl methyl sites for hydroxylation is 1. The van der Waals surface area contributed by atoms with Gasteiger partial charge in [-0.3, -0.25) is 0 Å². The molecule has 2 nitrogen and oxygen atoms in total. The van der Waals surface area contributed by atoms with Crippen LogP contribution < -0.4 is 10.5 Å². The molecule has 0 spiro atoms. The molecule has 0 bridgehead atoms. The number of hydrogen-bond donors (Lipinski definition) is 1. The van der Waals surface area contributed by atoms with Crippen molar-refractivity contribution in [2.75, 3.05) is 5.73 Å². The summed E-state index contributed by atoms with van der Waals surface area (Å²) in [5.74, 6) is 0.761. The Bertz CT molecular complexity index is 570. The Morgan fingerprint density at radius 3 is 2.44 bits per heavy atom. The van der Waals surface area contributed by atoms with Gasteiger partial charge in [-0.2, -0.15) is 0 Å². The predicted molar refractivity (Wildman–Crippen MR) is 76.4 cm³/mol. The van der Waals surface area contributed by atoms with Gasteiger partial charge in [0.05, 0.1) is 0 Å². The van der Waals surface area contributed by atoms with Crippen molar-refractivity contribution in [1.82, 2.24) is 0 Å². The van der Waals surface area contributed by atoms with Crippen LogP contribution in [-0.4, -0.2) is 0 Å². The smallest absolute Gasteiger partial charge is 0.124 e. The molecule has 0 fully saturated rings. The minimum absolute atomic E-state index is 0.393. The second kappa shape index (κ2) is 5.51. The molecular formula is C14H13Cl2NO. The first-order chi connectivity index (χ1) is 8.56. The maximum Gasteiger partial charge on any atom is 0.124 e. The van der Waals surface area contributed by atoms with Gasteiger partial charge in [-0.1, -0.05) is 35.3 Å². The highest BCUT2D eigenvalue weighted by Gasteiger charge is 2.04. The number of rotatable bonds is 3. The van der Waals surface area contributed by atoms with Crippen molar-refractivity contribution in [1.29, 1.82) is 0 Å². The fraction of sp³-hybridized carbons (Fsp3) is 0.143. The quantitative estimate of drug-likeness (QED) is 0.843. The average molecular weight is 282 g/mol. The van der Waals surface area contributed by atoms with Gasteiger partial charge in [-0.15, -0.1) is 0 Å². The molecule has 0 aromatic heterocycles. The van der Waals surface area contributed by atoms with E-state index in [1.54, 1.807) is 18.2 Å². The average Bonchev–Trinajstić information content (AvgIpc) is 2.32. The molecule has 0 unspecified atom stereocenters. The van der Waals surface area contributed by atoms with Crippen molar-refractivity contribution in [3.8, 4) is 5.75 Å². The fourth-order valence-corrected chi connectivity index (χ4v) is 1.92. The summed E-state index contributed by atoms with van der Waals surface area (Å²) < 4.78 is 5.72. The molecule has 2 rings (SSSR count). The van der Waals surface area contributed by atoms with Crippen LogP contribution in [0, 0.1) is 6.92 Å². The van der Waals surface area contributed by atoms with Crippen LogP contribution >= 0.6 is 23.2 Å². The van der Waals surface area contributed by atoms with Gasteiger partial charge in [0.25, 0.3) is 0 Å². The van der Waals surface area contributed by atoms with Crippen LogP contribution in [0.25, 0.3) is 0 Å². The molecule has 0 aliphatic carbocycles. The third-order valence-corrected chi connectivity index (χ3v) is 3.11. The van der Waals surface area contributed by atoms with E-state index >= 15 is 0 Å². The van der Waals surface area contributed by atoms with Crippen LogP contribution in [0.3, 0.4) is 0 Å². The summed E-state index contributed by atoms with van der Waals surface area (Å²) in [6, 6.07) is 10.9. The maximum absolute atomic E-state index is 5.93. The molecule has 0 saturated heterocycles. The van der Waals surface area contributed by atoms with Gasteiger partial charge in [0.2, 0.25) is 0 Å². The summed E-state index contributed by atoms with van der Waals surface area (Å²) >= 11 is 11.8. The normalized spacial score (nSPS) is 10.4. The van der Waals surface area contributed by atoms with E-state index in [1.165, 1.54) is 0 Å². The second-order valence-electron chi connectivity index (χ2n) is 4.04. The van der Waals surface area contributed by atoms with Gasteiger partial charge >= 0.3 is 0 Å². The summed E-state index contributed by atoms with van der Waals surface area (Å²) in [6.45, 7) is 2.36. The van der Waals surface area contributed by atoms with Crippen molar-refractivity contribution >= 4 is 28.9 Å². The molecule has 4 heteroatoms. The van der Waals surface area contributed by atoms with Crippen molar-refractivity contribution in [2.24, 2.45) is 0 Å². The topological polar surface area (TPSA) is 35.2 Å². The Morgan fingerprint density at radius 1 is 1.06 bits per heavy atom. The van der Waals surface area contributed by atoms with Gasteiger partial charge in [0, 0.05) is 21.3 Å². The Balaban J connectivity index is 2.13. The van der Waals surface area contributed by atoms with Crippen LogP contribution in [0.1, 0.15) is 11.1 Å². The lowest BCUT2D eigenvalue weighted by molar-refractivity contribution is 0.305. The first-order valence-electron chi connectivity index (χ1n) is 5.49. The van der Waals surface area contributed by atoms with Gasteiger partial charge < -0.3 is 10.5 Å². The van der Waals surface area contributed by atoms with Gasteiger partial charge in [0.1, 0.15) is 12.4 Å². The summed E-state index contributed by atoms with van der Waals surface area (Å²) in [6.07, 6.45) is 0. The first-order valence-corrected chi connectivity index (χ1v) is 6.24. The molecular weight excluding hydrogens is 269 g/mol. The molecule has 94 valence electrons. The zero-order valence-electron chi connectivity index (χ0n) is 9.91. The Labute approximate surface area is 116 Å². The van der Waals surface area contributed by atoms with E-state index in [9.17, 15) is 0 Å². The molecule has 2 N–H and O–H groups in total. The van der Waals surface area contributed by atoms with Gasteiger partial charge in [0.15, 0.2) is 0 Å². The molecule has 0 atom stereocenters. The number of anilines is 1. The number of benzene rings is 2. The summed E-state index contributed by atoms with van der Waals surface area (Å²) in [5.41, 5.74) is 8.43. The predicted octanol–water partition coefficient (Wildman–Crippen LogP) is 4.46. The van der Waals surface area contributed by atoms with Gasteiger partial charge in [-0.25, -0.2) is 0 Å². The monoisotopic (exact) mass is 281 g/mol. The largest absolute Gasteiger partial charge is 0.489 e. The standard InChI is InChI=1S/C14H13Cl2NO/c1-9-2-4-12(16)7-14(9)18-8-10-3-5-11(15)6-13(10)17/h2-7H,8,17H2,1H3. The van der Waals surface area contributed by atoms with E-state index < -0.39 is 0 Å².